The third kappa shape index (κ3) is 38.1. The van der Waals surface area contributed by atoms with E-state index >= 15 is 14.4 Å². The number of benzene rings is 1. The molecule has 1 aliphatic heterocycles. The first-order valence-corrected chi connectivity index (χ1v) is 35.3. The lowest BCUT2D eigenvalue weighted by molar-refractivity contribution is -0.136. The summed E-state index contributed by atoms with van der Waals surface area (Å²) < 4.78 is 27.4. The second-order valence-corrected chi connectivity index (χ2v) is 31.3. The number of carbonyl (C=O) groups excluding carboxylic acids is 14. The summed E-state index contributed by atoms with van der Waals surface area (Å²) in [6, 6.07) is -9.01. The van der Waals surface area contributed by atoms with Gasteiger partial charge in [0.15, 0.2) is 0 Å². The summed E-state index contributed by atoms with van der Waals surface area (Å²) in [7, 11) is 0. The molecular weight excluding hydrogens is 1430 g/mol. The van der Waals surface area contributed by atoms with E-state index in [-0.39, 0.29) is 38.3 Å². The van der Waals surface area contributed by atoms with E-state index < -0.39 is 224 Å². The molecule has 0 aliphatic carbocycles. The van der Waals surface area contributed by atoms with Crippen molar-refractivity contribution in [3.63, 3.8) is 0 Å². The Balaban J connectivity index is 3.11. The fraction of sp³-hybridized carbons (Fsp3) is 0.706. The monoisotopic (exact) mass is 1540 g/mol. The molecule has 0 saturated carbocycles. The summed E-state index contributed by atoms with van der Waals surface area (Å²) in [5.74, 6) is -10.2. The predicted octanol–water partition coefficient (Wildman–Crippen LogP) is 1.75. The average Bonchev–Trinajstić information content (AvgIpc) is 0.943. The normalized spacial score (nSPS) is 20.7. The van der Waals surface area contributed by atoms with E-state index in [0.29, 0.717) is 10.0 Å². The number of carbonyl (C=O) groups is 14. The van der Waals surface area contributed by atoms with Crippen LogP contribution in [0.2, 0.25) is 0 Å². The van der Waals surface area contributed by atoms with E-state index in [2.05, 4.69) is 90.4 Å². The summed E-state index contributed by atoms with van der Waals surface area (Å²) in [5.41, 5.74) is -4.54. The van der Waals surface area contributed by atoms with Crippen LogP contribution in [0, 0.1) is 5.92 Å². The molecule has 1 fully saturated rings. The van der Waals surface area contributed by atoms with Crippen LogP contribution in [0.4, 0.5) is 24.0 Å². The molecule has 0 unspecified atom stereocenters. The van der Waals surface area contributed by atoms with E-state index in [1.54, 1.807) is 142 Å². The molecule has 1 aliphatic rings. The van der Waals surface area contributed by atoms with E-state index in [9.17, 15) is 63.0 Å². The van der Waals surface area contributed by atoms with Crippen LogP contribution in [0.25, 0.3) is 0 Å². The summed E-state index contributed by atoms with van der Waals surface area (Å²) in [6.07, 6.45) is -11.0. The lowest BCUT2D eigenvalue weighted by atomic mass is 10.00. The second-order valence-electron chi connectivity index (χ2n) is 30.4. The predicted molar refractivity (Wildman–Crippen MR) is 382 cm³/mol. The van der Waals surface area contributed by atoms with Gasteiger partial charge in [-0.1, -0.05) is 41.9 Å². The number of alkyl carbamates (subject to hydrolysis) is 5. The zero-order valence-electron chi connectivity index (χ0n) is 63.3. The second kappa shape index (κ2) is 41.6. The van der Waals surface area contributed by atoms with Crippen molar-refractivity contribution in [3.05, 3.63) is 34.3 Å². The van der Waals surface area contributed by atoms with Gasteiger partial charge in [-0.15, -0.1) is 0 Å². The third-order valence-electron chi connectivity index (χ3n) is 14.1. The van der Waals surface area contributed by atoms with Crippen LogP contribution in [-0.4, -0.2) is 221 Å². The zero-order chi connectivity index (χ0) is 79.4. The van der Waals surface area contributed by atoms with Gasteiger partial charge in [0.05, 0.1) is 12.2 Å². The number of aliphatic hydroxyl groups is 2. The molecule has 588 valence electrons. The number of ether oxygens (including phenoxy) is 5. The van der Waals surface area contributed by atoms with Crippen molar-refractivity contribution in [2.75, 3.05) is 32.7 Å². The minimum atomic E-state index is -1.89. The van der Waals surface area contributed by atoms with Crippen molar-refractivity contribution in [1.29, 1.82) is 0 Å². The molecule has 16 N–H and O–H groups in total. The summed E-state index contributed by atoms with van der Waals surface area (Å²) in [5, 5.41) is 57.1. The van der Waals surface area contributed by atoms with Crippen LogP contribution < -0.4 is 74.4 Å². The minimum Gasteiger partial charge on any atom is -0.444 e. The maximum Gasteiger partial charge on any atom is 0.408 e. The third-order valence-corrected chi connectivity index (χ3v) is 14.7. The fourth-order valence-electron chi connectivity index (χ4n) is 9.49. The SMILES string of the molecule is CC(C)C[C@@H]1NC(=O)[C@@H](Cc2ccc(Br)cc2)NC(=O)[C@H](CCNC(=O)OC(C)(C)C)NC(=O)[C@@H](NC(=O)[C@H](CCNC(=O)OC(C)(C)C)NC(=O)[C@@H](NC(=O)OC(C)(C)C)[C@H](C)O)CCNC(=O)[C@H]([C@@H](C)O)NC(=O)[C@H](CCNC(=O)OC(C)(C)C)NC(=O)[C@H](CCNC(=O)OC(C)(C)C)NC1=O. The first-order chi connectivity index (χ1) is 47.8. The molecule has 2 rings (SSSR count). The van der Waals surface area contributed by atoms with E-state index in [1.807, 2.05) is 0 Å². The van der Waals surface area contributed by atoms with Crippen LogP contribution >= 0.6 is 15.9 Å². The first-order valence-electron chi connectivity index (χ1n) is 34.5. The number of nitrogens with one attached hydrogen (secondary N) is 14. The van der Waals surface area contributed by atoms with Crippen LogP contribution in [0.5, 0.6) is 0 Å². The van der Waals surface area contributed by atoms with E-state index in [1.165, 1.54) is 0 Å². The van der Waals surface area contributed by atoms with Crippen LogP contribution in [0.1, 0.15) is 176 Å². The zero-order valence-corrected chi connectivity index (χ0v) is 64.8. The Hall–Kier alpha value is -8.80. The minimum absolute atomic E-state index is 0.109. The van der Waals surface area contributed by atoms with E-state index in [0.717, 1.165) is 13.8 Å². The van der Waals surface area contributed by atoms with Gasteiger partial charge in [-0.25, -0.2) is 24.0 Å². The lowest BCUT2D eigenvalue weighted by Gasteiger charge is -2.29. The van der Waals surface area contributed by atoms with Crippen LogP contribution in [0.3, 0.4) is 0 Å². The molecule has 35 nitrogen and oxygen atoms in total. The quantitative estimate of drug-likeness (QED) is 0.0694. The Morgan fingerprint density at radius 2 is 0.837 bits per heavy atom. The van der Waals surface area contributed by atoms with Gasteiger partial charge in [-0.2, -0.15) is 0 Å². The number of aliphatic hydroxyl groups excluding tert-OH is 2. The summed E-state index contributed by atoms with van der Waals surface area (Å²) >= 11 is 3.39. The molecule has 1 saturated heterocycles. The molecule has 11 atom stereocenters. The van der Waals surface area contributed by atoms with Gasteiger partial charge >= 0.3 is 30.5 Å². The van der Waals surface area contributed by atoms with Crippen molar-refractivity contribution in [3.8, 4) is 0 Å². The summed E-state index contributed by atoms with van der Waals surface area (Å²) in [4.78, 5) is 198. The Morgan fingerprint density at radius 1 is 0.471 bits per heavy atom. The van der Waals surface area contributed by atoms with Crippen molar-refractivity contribution in [2.45, 2.75) is 271 Å². The van der Waals surface area contributed by atoms with Gasteiger partial charge in [0.2, 0.25) is 53.2 Å². The van der Waals surface area contributed by atoms with Gasteiger partial charge in [0.1, 0.15) is 82.4 Å². The topological polar surface area (TPSA) is 494 Å². The molecule has 0 spiro atoms. The fourth-order valence-corrected chi connectivity index (χ4v) is 9.75. The number of halogens is 1. The lowest BCUT2D eigenvalue weighted by Crippen LogP contribution is -2.61. The number of rotatable bonds is 23. The van der Waals surface area contributed by atoms with Gasteiger partial charge in [0, 0.05) is 43.6 Å². The Labute approximate surface area is 616 Å². The number of hydrogen-bond acceptors (Lipinski definition) is 21. The Bertz CT molecular complexity index is 3100. The van der Waals surface area contributed by atoms with Gasteiger partial charge in [-0.3, -0.25) is 43.2 Å². The highest BCUT2D eigenvalue weighted by Crippen LogP contribution is 2.17. The molecule has 36 heteroatoms. The van der Waals surface area contributed by atoms with Crippen molar-refractivity contribution in [1.82, 2.24) is 74.4 Å². The molecule has 1 aromatic rings. The molecule has 1 aromatic carbocycles. The van der Waals surface area contributed by atoms with Crippen molar-refractivity contribution >= 4 is 99.6 Å². The average molecular weight is 1540 g/mol. The molecule has 0 radical (unpaired) electrons. The van der Waals surface area contributed by atoms with E-state index in [4.69, 9.17) is 23.7 Å². The number of amides is 14. The van der Waals surface area contributed by atoms with Gasteiger partial charge in [0.25, 0.3) is 0 Å². The summed E-state index contributed by atoms with van der Waals surface area (Å²) in [6.45, 7) is 27.4. The Morgan fingerprint density at radius 3 is 1.24 bits per heavy atom. The molecule has 14 amide bonds. The highest BCUT2D eigenvalue weighted by Gasteiger charge is 2.39. The molecule has 1 heterocycles. The molecule has 0 aromatic heterocycles. The number of hydrogen-bond donors (Lipinski definition) is 16. The Kier molecular flexibility index (Phi) is 36.5. The van der Waals surface area contributed by atoms with Gasteiger partial charge < -0.3 is 108 Å². The van der Waals surface area contributed by atoms with Crippen LogP contribution in [0.15, 0.2) is 28.7 Å². The van der Waals surface area contributed by atoms with Crippen molar-refractivity contribution < 1.29 is 101 Å². The molecule has 104 heavy (non-hydrogen) atoms. The molecular formula is C68H113BrN14O21. The van der Waals surface area contributed by atoms with Crippen LogP contribution in [-0.2, 0) is 73.3 Å². The highest BCUT2D eigenvalue weighted by atomic mass is 79.9. The smallest absolute Gasteiger partial charge is 0.408 e. The largest absolute Gasteiger partial charge is 0.444 e. The molecule has 0 bridgehead atoms. The van der Waals surface area contributed by atoms with Crippen molar-refractivity contribution in [2.24, 2.45) is 5.92 Å². The maximum absolute atomic E-state index is 15.2. The maximum atomic E-state index is 15.2. The van der Waals surface area contributed by atoms with Gasteiger partial charge in [-0.05, 0) is 180 Å². The highest BCUT2D eigenvalue weighted by molar-refractivity contribution is 9.10. The first kappa shape index (κ1) is 91.3. The standard InChI is InChI=1S/C68H113BrN14O21/c1-36(2)34-46-55(91)78-42(25-30-71-59(95)100-64(5,6)7)51(87)77-45(28-33-74-62(98)103-67(14,15)16)54(90)82-48(37(3)84)57(93)70-29-24-41(75-52(88)44(27-32-73-61(97)102-66(11,12)13)79-58(94)49(38(4)85)83-63(99)104-68(17,18)19)50(86)76-43(26-31-72-60(96)101-65(8,9)10)53(89)81-47(56(92)80-46)35-39-20-22-40(69)23-21-39/h20-23,36-38,41-49,84-85H,24-35H2,1-19H3,(H,70,93)(H,71,95)(H,72,96)(H,73,97)(H,74,98)(H,75,88)(H,76,86)(H,77,87)(H,78,91)(H,79,94)(H,80,92)(H,81,89)(H,82,90)(H,83,99)/t37-,38+,41+,42+,43+,44+,45+,46+,47-,48+,49+/m1/s1.